The molecule has 0 fully saturated rings. The molecule has 0 aromatic heterocycles. The summed E-state index contributed by atoms with van der Waals surface area (Å²) in [5, 5.41) is 0. The molecule has 19 heavy (non-hydrogen) atoms. The van der Waals surface area contributed by atoms with E-state index < -0.39 is 11.9 Å². The molecule has 0 heterocycles. The van der Waals surface area contributed by atoms with Crippen molar-refractivity contribution in [1.29, 1.82) is 0 Å². The average molecular weight is 348 g/mol. The predicted molar refractivity (Wildman–Crippen MR) is 76.2 cm³/mol. The van der Waals surface area contributed by atoms with Gasteiger partial charge in [0.1, 0.15) is 23.8 Å². The lowest BCUT2D eigenvalue weighted by Crippen LogP contribution is -2.19. The second kappa shape index (κ2) is 14.2. The third kappa shape index (κ3) is 12.5. The minimum atomic E-state index is -1.05. The summed E-state index contributed by atoms with van der Waals surface area (Å²) in [6, 6.07) is 0. The molecule has 0 atom stereocenters. The second-order valence-corrected chi connectivity index (χ2v) is 7.07. The fourth-order valence-corrected chi connectivity index (χ4v) is 2.86. The van der Waals surface area contributed by atoms with Gasteiger partial charge in [0.2, 0.25) is 0 Å². The zero-order chi connectivity index (χ0) is 14.3. The molecule has 0 spiro atoms. The SMILES string of the molecule is COCSSCOC(=O)C(=O)OCSSCOC=O. The molecule has 7 nitrogen and oxygen atoms in total. The summed E-state index contributed by atoms with van der Waals surface area (Å²) in [6.45, 7) is 0.316. The van der Waals surface area contributed by atoms with Crippen LogP contribution in [0.15, 0.2) is 0 Å². The Morgan fingerprint density at radius 2 is 1.37 bits per heavy atom. The lowest BCUT2D eigenvalue weighted by Gasteiger charge is -2.04. The molecule has 0 rings (SSSR count). The lowest BCUT2D eigenvalue weighted by atomic mass is 10.7. The van der Waals surface area contributed by atoms with E-state index in [1.54, 1.807) is 7.11 Å². The molecule has 0 aromatic rings. The Morgan fingerprint density at radius 3 is 1.84 bits per heavy atom. The first-order valence-corrected chi connectivity index (χ1v) is 9.56. The van der Waals surface area contributed by atoms with Crippen LogP contribution in [0.2, 0.25) is 0 Å². The van der Waals surface area contributed by atoms with Crippen LogP contribution in [0.4, 0.5) is 0 Å². The van der Waals surface area contributed by atoms with Crippen LogP contribution in [0.5, 0.6) is 0 Å². The first kappa shape index (κ1) is 18.8. The maximum absolute atomic E-state index is 11.1. The summed E-state index contributed by atoms with van der Waals surface area (Å²) >= 11 is 0. The molecular formula is C8H12O7S4. The van der Waals surface area contributed by atoms with Gasteiger partial charge in [-0.3, -0.25) is 4.79 Å². The van der Waals surface area contributed by atoms with Crippen molar-refractivity contribution in [2.24, 2.45) is 0 Å². The normalized spacial score (nSPS) is 9.74. The number of rotatable bonds is 11. The Kier molecular flexibility index (Phi) is 14.0. The van der Waals surface area contributed by atoms with Gasteiger partial charge in [-0.05, 0) is 21.6 Å². The summed E-state index contributed by atoms with van der Waals surface area (Å²) in [4.78, 5) is 32.0. The highest BCUT2D eigenvalue weighted by Gasteiger charge is 2.17. The summed E-state index contributed by atoms with van der Waals surface area (Å²) in [7, 11) is 6.44. The average Bonchev–Trinajstić information content (AvgIpc) is 2.42. The van der Waals surface area contributed by atoms with E-state index in [9.17, 15) is 14.4 Å². The first-order valence-electron chi connectivity index (χ1n) is 4.59. The largest absolute Gasteiger partial charge is 0.456 e. The summed E-state index contributed by atoms with van der Waals surface area (Å²) in [5.41, 5.74) is 0. The van der Waals surface area contributed by atoms with E-state index in [0.717, 1.165) is 10.8 Å². The predicted octanol–water partition coefficient (Wildman–Crippen LogP) is 1.48. The summed E-state index contributed by atoms with van der Waals surface area (Å²) in [6.07, 6.45) is 0. The third-order valence-corrected chi connectivity index (χ3v) is 4.64. The number of esters is 2. The number of methoxy groups -OCH3 is 1. The van der Waals surface area contributed by atoms with Crippen molar-refractivity contribution in [3.63, 3.8) is 0 Å². The van der Waals surface area contributed by atoms with Crippen molar-refractivity contribution in [2.75, 3.05) is 30.9 Å². The maximum Gasteiger partial charge on any atom is 0.418 e. The van der Waals surface area contributed by atoms with E-state index in [-0.39, 0.29) is 17.8 Å². The minimum absolute atomic E-state index is 0.0353. The Hall–Kier alpha value is -0.230. The van der Waals surface area contributed by atoms with Gasteiger partial charge in [0, 0.05) is 7.11 Å². The maximum atomic E-state index is 11.1. The van der Waals surface area contributed by atoms with Crippen molar-refractivity contribution >= 4 is 61.6 Å². The van der Waals surface area contributed by atoms with Gasteiger partial charge < -0.3 is 18.9 Å². The topological polar surface area (TPSA) is 88.1 Å². The van der Waals surface area contributed by atoms with Gasteiger partial charge >= 0.3 is 11.9 Å². The highest BCUT2D eigenvalue weighted by atomic mass is 33.1. The zero-order valence-electron chi connectivity index (χ0n) is 9.90. The van der Waals surface area contributed by atoms with Gasteiger partial charge in [-0.15, -0.1) is 0 Å². The van der Waals surface area contributed by atoms with Crippen LogP contribution in [0, 0.1) is 0 Å². The number of hydrogen-bond acceptors (Lipinski definition) is 11. The molecule has 0 aliphatic rings. The molecule has 11 heteroatoms. The smallest absolute Gasteiger partial charge is 0.418 e. The van der Waals surface area contributed by atoms with Crippen molar-refractivity contribution in [3.05, 3.63) is 0 Å². The van der Waals surface area contributed by atoms with Gasteiger partial charge in [0.05, 0.1) is 0 Å². The van der Waals surface area contributed by atoms with Gasteiger partial charge in [-0.1, -0.05) is 21.6 Å². The fraction of sp³-hybridized carbons (Fsp3) is 0.625. The highest BCUT2D eigenvalue weighted by molar-refractivity contribution is 8.76. The van der Waals surface area contributed by atoms with E-state index in [0.29, 0.717) is 12.4 Å². The van der Waals surface area contributed by atoms with Gasteiger partial charge in [0.25, 0.3) is 6.47 Å². The van der Waals surface area contributed by atoms with Gasteiger partial charge in [-0.2, -0.15) is 0 Å². The van der Waals surface area contributed by atoms with Crippen LogP contribution in [0.1, 0.15) is 0 Å². The quantitative estimate of drug-likeness (QED) is 0.103. The van der Waals surface area contributed by atoms with Crippen molar-refractivity contribution in [3.8, 4) is 0 Å². The van der Waals surface area contributed by atoms with Crippen molar-refractivity contribution in [2.45, 2.75) is 0 Å². The number of carbonyl (C=O) groups excluding carboxylic acids is 3. The third-order valence-electron chi connectivity index (χ3n) is 1.16. The first-order chi connectivity index (χ1) is 9.22. The van der Waals surface area contributed by atoms with Crippen LogP contribution < -0.4 is 0 Å². The molecule has 0 saturated heterocycles. The van der Waals surface area contributed by atoms with Crippen LogP contribution in [-0.2, 0) is 33.3 Å². The summed E-state index contributed by atoms with van der Waals surface area (Å²) in [5.74, 6) is -1.49. The Labute approximate surface area is 126 Å². The molecule has 0 bridgehead atoms. The van der Waals surface area contributed by atoms with E-state index >= 15 is 0 Å². The molecule has 110 valence electrons. The standard InChI is InChI=1S/C8H12O7S4/c1-12-3-16-18-5-14-7(10)8(11)15-6-19-17-4-13-2-9/h2H,3-6H2,1H3. The molecular weight excluding hydrogens is 336 g/mol. The van der Waals surface area contributed by atoms with Crippen molar-refractivity contribution in [1.82, 2.24) is 0 Å². The van der Waals surface area contributed by atoms with Crippen molar-refractivity contribution < 1.29 is 33.3 Å². The van der Waals surface area contributed by atoms with Crippen LogP contribution in [0.25, 0.3) is 0 Å². The molecule has 0 unspecified atom stereocenters. The summed E-state index contributed by atoms with van der Waals surface area (Å²) < 4.78 is 18.4. The minimum Gasteiger partial charge on any atom is -0.456 e. The Balaban J connectivity index is 3.43. The second-order valence-electron chi connectivity index (χ2n) is 2.36. The Morgan fingerprint density at radius 1 is 0.895 bits per heavy atom. The Bertz CT molecular complexity index is 276. The molecule has 0 aliphatic carbocycles. The zero-order valence-corrected chi connectivity index (χ0v) is 13.2. The fourth-order valence-electron chi connectivity index (χ4n) is 0.513. The van der Waals surface area contributed by atoms with E-state index in [4.69, 9.17) is 4.74 Å². The highest BCUT2D eigenvalue weighted by Crippen LogP contribution is 2.21. The van der Waals surface area contributed by atoms with E-state index in [1.165, 1.54) is 32.4 Å². The molecule has 0 aromatic carbocycles. The van der Waals surface area contributed by atoms with Crippen LogP contribution >= 0.6 is 43.2 Å². The molecule has 0 aliphatic heterocycles. The molecule has 0 amide bonds. The van der Waals surface area contributed by atoms with Crippen LogP contribution in [0.3, 0.4) is 0 Å². The molecule has 0 N–H and O–H groups in total. The van der Waals surface area contributed by atoms with Gasteiger partial charge in [0.15, 0.2) is 0 Å². The number of ether oxygens (including phenoxy) is 4. The van der Waals surface area contributed by atoms with Gasteiger partial charge in [-0.25, -0.2) is 9.59 Å². The lowest BCUT2D eigenvalue weighted by molar-refractivity contribution is -0.164. The number of hydrogen-bond donors (Lipinski definition) is 0. The van der Waals surface area contributed by atoms with Crippen LogP contribution in [-0.4, -0.2) is 49.3 Å². The molecule has 0 saturated carbocycles. The number of carbonyl (C=O) groups is 3. The molecule has 0 radical (unpaired) electrons. The van der Waals surface area contributed by atoms with E-state index in [2.05, 4.69) is 14.2 Å². The monoisotopic (exact) mass is 348 g/mol. The van der Waals surface area contributed by atoms with E-state index in [1.807, 2.05) is 0 Å².